The number of pyridine rings is 1. The lowest BCUT2D eigenvalue weighted by molar-refractivity contribution is 0.0880. The first-order chi connectivity index (χ1) is 8.34. The van der Waals surface area contributed by atoms with E-state index in [0.717, 1.165) is 0 Å². The third kappa shape index (κ3) is 4.00. The number of H-pyrrole nitrogens is 1. The highest BCUT2D eigenvalue weighted by Crippen LogP contribution is 2.21. The van der Waals surface area contributed by atoms with Crippen molar-refractivity contribution in [3.05, 3.63) is 34.2 Å². The quantitative estimate of drug-likeness (QED) is 0.744. The molecule has 1 unspecified atom stereocenters. The first-order valence-electron chi connectivity index (χ1n) is 5.95. The third-order valence-corrected chi connectivity index (χ3v) is 2.78. The Labute approximate surface area is 106 Å². The SMILES string of the molecule is CC(C)(C)C(CCO)NC(=O)c1cccc(=O)[nH]1. The maximum atomic E-state index is 12.0. The van der Waals surface area contributed by atoms with E-state index in [1.54, 1.807) is 6.07 Å². The highest BCUT2D eigenvalue weighted by atomic mass is 16.3. The standard InChI is InChI=1S/C13H20N2O3/c1-13(2,3)10(7-8-16)15-12(18)9-5-4-6-11(17)14-9/h4-6,10,16H,7-8H2,1-3H3,(H,14,17)(H,15,18). The van der Waals surface area contributed by atoms with Crippen LogP contribution < -0.4 is 10.9 Å². The summed E-state index contributed by atoms with van der Waals surface area (Å²) >= 11 is 0. The van der Waals surface area contributed by atoms with Gasteiger partial charge in [-0.25, -0.2) is 0 Å². The van der Waals surface area contributed by atoms with Gasteiger partial charge in [0.25, 0.3) is 5.91 Å². The zero-order chi connectivity index (χ0) is 13.8. The summed E-state index contributed by atoms with van der Waals surface area (Å²) in [4.78, 5) is 25.6. The minimum atomic E-state index is -0.332. The number of aromatic nitrogens is 1. The van der Waals surface area contributed by atoms with Gasteiger partial charge in [0.15, 0.2) is 0 Å². The fourth-order valence-corrected chi connectivity index (χ4v) is 1.67. The first kappa shape index (κ1) is 14.4. The van der Waals surface area contributed by atoms with Crippen molar-refractivity contribution in [2.24, 2.45) is 5.41 Å². The zero-order valence-corrected chi connectivity index (χ0v) is 11.0. The molecule has 1 atom stereocenters. The Balaban J connectivity index is 2.82. The summed E-state index contributed by atoms with van der Waals surface area (Å²) in [5.41, 5.74) is -0.236. The molecule has 0 saturated carbocycles. The Morgan fingerprint density at radius 3 is 2.61 bits per heavy atom. The molecule has 1 aromatic rings. The Morgan fingerprint density at radius 1 is 1.44 bits per heavy atom. The molecule has 0 aliphatic carbocycles. The van der Waals surface area contributed by atoms with Crippen LogP contribution in [0.5, 0.6) is 0 Å². The van der Waals surface area contributed by atoms with Gasteiger partial charge < -0.3 is 15.4 Å². The van der Waals surface area contributed by atoms with Crippen molar-refractivity contribution in [1.29, 1.82) is 0 Å². The number of rotatable bonds is 4. The van der Waals surface area contributed by atoms with Gasteiger partial charge in [-0.3, -0.25) is 9.59 Å². The molecular weight excluding hydrogens is 232 g/mol. The molecule has 0 bridgehead atoms. The Bertz CT molecular complexity index is 460. The molecule has 100 valence electrons. The Kier molecular flexibility index (Phi) is 4.67. The van der Waals surface area contributed by atoms with Gasteiger partial charge in [-0.15, -0.1) is 0 Å². The van der Waals surface area contributed by atoms with E-state index in [4.69, 9.17) is 5.11 Å². The Morgan fingerprint density at radius 2 is 2.11 bits per heavy atom. The molecule has 0 saturated heterocycles. The smallest absolute Gasteiger partial charge is 0.268 e. The van der Waals surface area contributed by atoms with Crippen LogP contribution in [0, 0.1) is 5.41 Å². The monoisotopic (exact) mass is 252 g/mol. The largest absolute Gasteiger partial charge is 0.396 e. The van der Waals surface area contributed by atoms with Gasteiger partial charge in [-0.2, -0.15) is 0 Å². The number of carbonyl (C=O) groups excluding carboxylic acids is 1. The van der Waals surface area contributed by atoms with Crippen LogP contribution in [-0.2, 0) is 0 Å². The molecule has 3 N–H and O–H groups in total. The summed E-state index contributed by atoms with van der Waals surface area (Å²) in [6, 6.07) is 4.28. The number of amides is 1. The lowest BCUT2D eigenvalue weighted by Gasteiger charge is -2.31. The normalized spacial score (nSPS) is 13.1. The molecule has 5 heteroatoms. The van der Waals surface area contributed by atoms with E-state index in [0.29, 0.717) is 6.42 Å². The number of aliphatic hydroxyl groups excluding tert-OH is 1. The first-order valence-corrected chi connectivity index (χ1v) is 5.95. The van der Waals surface area contributed by atoms with Crippen molar-refractivity contribution in [3.8, 4) is 0 Å². The predicted octanol–water partition coefficient (Wildman–Crippen LogP) is 0.902. The molecule has 0 aromatic carbocycles. The van der Waals surface area contributed by atoms with Crippen LogP contribution in [0.2, 0.25) is 0 Å². The molecule has 1 aromatic heterocycles. The maximum absolute atomic E-state index is 12.0. The van der Waals surface area contributed by atoms with Gasteiger partial charge in [0, 0.05) is 18.7 Å². The highest BCUT2D eigenvalue weighted by molar-refractivity contribution is 5.92. The van der Waals surface area contributed by atoms with Crippen molar-refractivity contribution in [3.63, 3.8) is 0 Å². The number of aromatic amines is 1. The molecule has 0 spiro atoms. The number of nitrogens with one attached hydrogen (secondary N) is 2. The van der Waals surface area contributed by atoms with E-state index < -0.39 is 0 Å². The van der Waals surface area contributed by atoms with Crippen molar-refractivity contribution in [2.75, 3.05) is 6.61 Å². The average molecular weight is 252 g/mol. The second-order valence-electron chi connectivity index (χ2n) is 5.33. The summed E-state index contributed by atoms with van der Waals surface area (Å²) in [7, 11) is 0. The van der Waals surface area contributed by atoms with E-state index in [9.17, 15) is 9.59 Å². The van der Waals surface area contributed by atoms with E-state index in [2.05, 4.69) is 10.3 Å². The fourth-order valence-electron chi connectivity index (χ4n) is 1.67. The number of hydrogen-bond donors (Lipinski definition) is 3. The summed E-state index contributed by atoms with van der Waals surface area (Å²) < 4.78 is 0. The van der Waals surface area contributed by atoms with Crippen molar-refractivity contribution < 1.29 is 9.90 Å². The third-order valence-electron chi connectivity index (χ3n) is 2.78. The van der Waals surface area contributed by atoms with Crippen LogP contribution in [-0.4, -0.2) is 28.6 Å². The topological polar surface area (TPSA) is 82.2 Å². The van der Waals surface area contributed by atoms with Gasteiger partial charge in [-0.1, -0.05) is 26.8 Å². The molecule has 1 heterocycles. The number of carbonyl (C=O) groups is 1. The van der Waals surface area contributed by atoms with Crippen LogP contribution in [0.3, 0.4) is 0 Å². The Hall–Kier alpha value is -1.62. The summed E-state index contributed by atoms with van der Waals surface area (Å²) in [5, 5.41) is 11.9. The fraction of sp³-hybridized carbons (Fsp3) is 0.538. The molecule has 1 rings (SSSR count). The van der Waals surface area contributed by atoms with E-state index >= 15 is 0 Å². The van der Waals surface area contributed by atoms with E-state index in [-0.39, 0.29) is 35.2 Å². The van der Waals surface area contributed by atoms with Crippen LogP contribution in [0.1, 0.15) is 37.7 Å². The molecule has 0 radical (unpaired) electrons. The minimum Gasteiger partial charge on any atom is -0.396 e. The molecular formula is C13H20N2O3. The lowest BCUT2D eigenvalue weighted by atomic mass is 9.85. The molecule has 5 nitrogen and oxygen atoms in total. The highest BCUT2D eigenvalue weighted by Gasteiger charge is 2.26. The van der Waals surface area contributed by atoms with Gasteiger partial charge >= 0.3 is 0 Å². The molecule has 1 amide bonds. The number of aliphatic hydroxyl groups is 1. The van der Waals surface area contributed by atoms with Crippen LogP contribution in [0.25, 0.3) is 0 Å². The van der Waals surface area contributed by atoms with Crippen LogP contribution in [0.15, 0.2) is 23.0 Å². The van der Waals surface area contributed by atoms with Crippen molar-refractivity contribution in [2.45, 2.75) is 33.2 Å². The maximum Gasteiger partial charge on any atom is 0.268 e. The molecule has 18 heavy (non-hydrogen) atoms. The molecule has 0 aliphatic heterocycles. The van der Waals surface area contributed by atoms with Crippen molar-refractivity contribution >= 4 is 5.91 Å². The van der Waals surface area contributed by atoms with Crippen LogP contribution in [0.4, 0.5) is 0 Å². The average Bonchev–Trinajstić information content (AvgIpc) is 2.27. The predicted molar refractivity (Wildman–Crippen MR) is 69.5 cm³/mol. The van der Waals surface area contributed by atoms with E-state index in [1.807, 2.05) is 20.8 Å². The summed E-state index contributed by atoms with van der Waals surface area (Å²) in [6.45, 7) is 5.97. The molecule has 0 aliphatic rings. The van der Waals surface area contributed by atoms with E-state index in [1.165, 1.54) is 12.1 Å². The second-order valence-corrected chi connectivity index (χ2v) is 5.33. The van der Waals surface area contributed by atoms with Gasteiger partial charge in [0.1, 0.15) is 5.69 Å². The molecule has 0 fully saturated rings. The van der Waals surface area contributed by atoms with Gasteiger partial charge in [0.2, 0.25) is 5.56 Å². The summed E-state index contributed by atoms with van der Waals surface area (Å²) in [6.07, 6.45) is 0.478. The van der Waals surface area contributed by atoms with Gasteiger partial charge in [0.05, 0.1) is 0 Å². The summed E-state index contributed by atoms with van der Waals surface area (Å²) in [5.74, 6) is -0.332. The van der Waals surface area contributed by atoms with Crippen molar-refractivity contribution in [1.82, 2.24) is 10.3 Å². The lowest BCUT2D eigenvalue weighted by Crippen LogP contribution is -2.44. The van der Waals surface area contributed by atoms with Crippen LogP contribution >= 0.6 is 0 Å². The zero-order valence-electron chi connectivity index (χ0n) is 11.0. The van der Waals surface area contributed by atoms with Gasteiger partial charge in [-0.05, 0) is 17.9 Å². The number of hydrogen-bond acceptors (Lipinski definition) is 3. The minimum absolute atomic E-state index is 0.00747. The second kappa shape index (κ2) is 5.82.